The zero-order chi connectivity index (χ0) is 18.5. The van der Waals surface area contributed by atoms with Gasteiger partial charge in [0.2, 0.25) is 0 Å². The molecule has 1 aromatic carbocycles. The Bertz CT molecular complexity index is 603. The van der Waals surface area contributed by atoms with E-state index in [-0.39, 0.29) is 23.9 Å². The van der Waals surface area contributed by atoms with E-state index < -0.39 is 29.6 Å². The number of anilines is 1. The number of alkyl halides is 1. The topological polar surface area (TPSA) is 76.1 Å². The first-order valence-corrected chi connectivity index (χ1v) is 7.79. The number of ether oxygens (including phenoxy) is 2. The minimum absolute atomic E-state index is 0.104. The van der Waals surface area contributed by atoms with Gasteiger partial charge in [0.15, 0.2) is 11.6 Å². The summed E-state index contributed by atoms with van der Waals surface area (Å²) in [5.74, 6) is -1.85. The summed E-state index contributed by atoms with van der Waals surface area (Å²) in [5.41, 5.74) is -0.626. The lowest BCUT2D eigenvalue weighted by Crippen LogP contribution is -2.41. The summed E-state index contributed by atoms with van der Waals surface area (Å²) >= 11 is 5.57. The second-order valence-corrected chi connectivity index (χ2v) is 6.42. The molecule has 0 fully saturated rings. The molecule has 1 rings (SSSR count). The van der Waals surface area contributed by atoms with Gasteiger partial charge in [-0.25, -0.2) is 9.18 Å². The smallest absolute Gasteiger partial charge is 0.414 e. The lowest BCUT2D eigenvalue weighted by molar-refractivity contribution is -0.132. The Morgan fingerprint density at radius 1 is 1.38 bits per heavy atom. The number of halogens is 2. The Kier molecular flexibility index (Phi) is 6.98. The second-order valence-electron chi connectivity index (χ2n) is 6.11. The van der Waals surface area contributed by atoms with Crippen molar-refractivity contribution in [3.63, 3.8) is 0 Å². The Labute approximate surface area is 145 Å². The van der Waals surface area contributed by atoms with Crippen LogP contribution < -0.4 is 9.64 Å². The molecule has 0 saturated carbocycles. The third-order valence-electron chi connectivity index (χ3n) is 2.67. The van der Waals surface area contributed by atoms with Crippen molar-refractivity contribution in [3.8, 4) is 5.75 Å². The molecule has 24 heavy (non-hydrogen) atoms. The molecule has 1 amide bonds. The predicted molar refractivity (Wildman–Crippen MR) is 88.0 cm³/mol. The molecule has 1 aromatic rings. The number of nitrogens with zero attached hydrogens (tertiary/aromatic N) is 1. The first-order chi connectivity index (χ1) is 11.0. The van der Waals surface area contributed by atoms with Gasteiger partial charge in [-0.3, -0.25) is 9.69 Å². The Hall–Kier alpha value is -1.86. The van der Waals surface area contributed by atoms with Crippen LogP contribution in [0.5, 0.6) is 5.75 Å². The van der Waals surface area contributed by atoms with Gasteiger partial charge in [0.05, 0.1) is 24.2 Å². The molecule has 0 aliphatic rings. The quantitative estimate of drug-likeness (QED) is 0.495. The first kappa shape index (κ1) is 20.2. The minimum Gasteiger partial charge on any atom is -0.443 e. The van der Waals surface area contributed by atoms with Crippen LogP contribution >= 0.6 is 11.6 Å². The van der Waals surface area contributed by atoms with Crippen molar-refractivity contribution in [1.29, 1.82) is 0 Å². The highest BCUT2D eigenvalue weighted by Gasteiger charge is 2.26. The average molecular weight is 362 g/mol. The Balaban J connectivity index is 3.12. The van der Waals surface area contributed by atoms with Crippen molar-refractivity contribution in [2.24, 2.45) is 0 Å². The van der Waals surface area contributed by atoms with Gasteiger partial charge in [0, 0.05) is 13.0 Å². The molecule has 0 aliphatic heterocycles. The van der Waals surface area contributed by atoms with Gasteiger partial charge in [-0.2, -0.15) is 0 Å². The van der Waals surface area contributed by atoms with Gasteiger partial charge >= 0.3 is 12.1 Å². The third-order valence-corrected chi connectivity index (χ3v) is 3.02. The summed E-state index contributed by atoms with van der Waals surface area (Å²) in [7, 11) is 0. The van der Waals surface area contributed by atoms with Gasteiger partial charge < -0.3 is 14.6 Å². The van der Waals surface area contributed by atoms with Crippen LogP contribution in [0.3, 0.4) is 0 Å². The largest absolute Gasteiger partial charge is 0.443 e. The number of hydrogen-bond donors (Lipinski definition) is 1. The van der Waals surface area contributed by atoms with E-state index in [4.69, 9.17) is 21.1 Å². The zero-order valence-corrected chi connectivity index (χ0v) is 14.8. The highest BCUT2D eigenvalue weighted by Crippen LogP contribution is 2.25. The number of hydrogen-bond acceptors (Lipinski definition) is 5. The molecule has 0 aliphatic carbocycles. The fourth-order valence-corrected chi connectivity index (χ4v) is 1.85. The molecule has 0 aromatic heterocycles. The Morgan fingerprint density at radius 2 is 2.00 bits per heavy atom. The molecule has 0 unspecified atom stereocenters. The number of rotatable bonds is 5. The van der Waals surface area contributed by atoms with Gasteiger partial charge in [-0.15, -0.1) is 11.6 Å². The van der Waals surface area contributed by atoms with E-state index in [9.17, 15) is 19.1 Å². The highest BCUT2D eigenvalue weighted by atomic mass is 35.5. The molecule has 0 radical (unpaired) electrons. The molecular weight excluding hydrogens is 341 g/mol. The monoisotopic (exact) mass is 361 g/mol. The maximum absolute atomic E-state index is 14.0. The summed E-state index contributed by atoms with van der Waals surface area (Å²) < 4.78 is 24.0. The van der Waals surface area contributed by atoms with Crippen LogP contribution in [-0.4, -0.2) is 41.3 Å². The summed E-state index contributed by atoms with van der Waals surface area (Å²) in [4.78, 5) is 24.3. The maximum atomic E-state index is 14.0. The van der Waals surface area contributed by atoms with Crippen molar-refractivity contribution in [1.82, 2.24) is 0 Å². The number of carbonyl (C=O) groups excluding carboxylic acids is 2. The number of aliphatic hydroxyl groups excluding tert-OH is 1. The molecule has 0 saturated heterocycles. The van der Waals surface area contributed by atoms with Crippen molar-refractivity contribution < 1.29 is 28.6 Å². The van der Waals surface area contributed by atoms with E-state index in [0.29, 0.717) is 0 Å². The number of carbonyl (C=O) groups is 2. The van der Waals surface area contributed by atoms with E-state index in [0.717, 1.165) is 17.9 Å². The lowest BCUT2D eigenvalue weighted by Gasteiger charge is -2.28. The third kappa shape index (κ3) is 6.33. The molecule has 6 nitrogen and oxygen atoms in total. The van der Waals surface area contributed by atoms with E-state index in [2.05, 4.69) is 0 Å². The van der Waals surface area contributed by atoms with Crippen molar-refractivity contribution in [3.05, 3.63) is 24.0 Å². The summed E-state index contributed by atoms with van der Waals surface area (Å²) in [5, 5.41) is 9.74. The summed E-state index contributed by atoms with van der Waals surface area (Å²) in [6.45, 7) is 6.03. The Morgan fingerprint density at radius 3 is 2.46 bits per heavy atom. The van der Waals surface area contributed by atoms with Crippen LogP contribution in [0.1, 0.15) is 27.7 Å². The summed E-state index contributed by atoms with van der Waals surface area (Å²) in [6.07, 6.45) is -1.78. The normalized spacial score (nSPS) is 12.5. The van der Waals surface area contributed by atoms with E-state index >= 15 is 0 Å². The molecule has 1 N–H and O–H groups in total. The van der Waals surface area contributed by atoms with Crippen molar-refractivity contribution in [2.75, 3.05) is 17.3 Å². The van der Waals surface area contributed by atoms with Crippen LogP contribution in [0, 0.1) is 5.82 Å². The van der Waals surface area contributed by atoms with Crippen LogP contribution in [0.2, 0.25) is 0 Å². The fourth-order valence-electron chi connectivity index (χ4n) is 1.76. The van der Waals surface area contributed by atoms with Crippen molar-refractivity contribution >= 4 is 29.4 Å². The zero-order valence-electron chi connectivity index (χ0n) is 14.0. The number of esters is 1. The van der Waals surface area contributed by atoms with Gasteiger partial charge in [0.25, 0.3) is 0 Å². The number of aliphatic hydroxyl groups is 1. The van der Waals surface area contributed by atoms with E-state index in [1.165, 1.54) is 12.1 Å². The van der Waals surface area contributed by atoms with Crippen LogP contribution in [0.25, 0.3) is 0 Å². The maximum Gasteiger partial charge on any atom is 0.414 e. The van der Waals surface area contributed by atoms with Crippen LogP contribution in [0.15, 0.2) is 18.2 Å². The predicted octanol–water partition coefficient (Wildman–Crippen LogP) is 3.09. The summed E-state index contributed by atoms with van der Waals surface area (Å²) in [6, 6.07) is 3.62. The van der Waals surface area contributed by atoms with Crippen LogP contribution in [0.4, 0.5) is 14.9 Å². The fraction of sp³-hybridized carbons (Fsp3) is 0.500. The molecule has 0 bridgehead atoms. The van der Waals surface area contributed by atoms with Gasteiger partial charge in [0.1, 0.15) is 5.60 Å². The number of amides is 1. The van der Waals surface area contributed by atoms with E-state index in [1.54, 1.807) is 20.8 Å². The first-order valence-electron chi connectivity index (χ1n) is 7.26. The molecular formula is C16H21ClFNO5. The van der Waals surface area contributed by atoms with Crippen LogP contribution in [-0.2, 0) is 9.53 Å². The molecule has 1 atom stereocenters. The minimum atomic E-state index is -1.02. The lowest BCUT2D eigenvalue weighted by atomic mass is 10.2. The SMILES string of the molecule is CC(=O)Oc1ccc(N(C[C@@H](O)CCl)C(=O)OC(C)(C)C)cc1F. The molecule has 0 heterocycles. The van der Waals surface area contributed by atoms with E-state index in [1.807, 2.05) is 0 Å². The van der Waals surface area contributed by atoms with Crippen molar-refractivity contribution in [2.45, 2.75) is 39.4 Å². The average Bonchev–Trinajstić information content (AvgIpc) is 2.44. The second kappa shape index (κ2) is 8.30. The molecule has 0 spiro atoms. The standard InChI is InChI=1S/C16H21ClFNO5/c1-10(20)23-14-6-5-11(7-13(14)18)19(9-12(21)8-17)15(22)24-16(2,3)4/h5-7,12,21H,8-9H2,1-4H3/t12-/m0/s1. The molecule has 134 valence electrons. The molecule has 8 heteroatoms. The van der Waals surface area contributed by atoms with Gasteiger partial charge in [-0.05, 0) is 32.9 Å². The van der Waals surface area contributed by atoms with Gasteiger partial charge in [-0.1, -0.05) is 0 Å². The highest BCUT2D eigenvalue weighted by molar-refractivity contribution is 6.18. The number of benzene rings is 1.